The van der Waals surface area contributed by atoms with Gasteiger partial charge in [0.15, 0.2) is 0 Å². The summed E-state index contributed by atoms with van der Waals surface area (Å²) in [6.07, 6.45) is 24.1. The third kappa shape index (κ3) is 48.1. The van der Waals surface area contributed by atoms with Gasteiger partial charge in [0, 0.05) is 72.4 Å². The molecule has 754 valence electrons. The Morgan fingerprint density at radius 3 is 1.04 bits per heavy atom. The van der Waals surface area contributed by atoms with Crippen molar-refractivity contribution in [1.29, 1.82) is 0 Å². The number of aryl methyl sites for hydroxylation is 1. The fraction of sp³-hybridized carbons (Fsp3) is 0.508. The van der Waals surface area contributed by atoms with Crippen molar-refractivity contribution >= 4 is 0 Å². The molecule has 4 aliphatic carbocycles. The van der Waals surface area contributed by atoms with Crippen molar-refractivity contribution in [3.05, 3.63) is 354 Å². The molecule has 4 fully saturated rings. The molecular formula is C120H177N11O7. The van der Waals surface area contributed by atoms with E-state index < -0.39 is 0 Å². The first-order valence-electron chi connectivity index (χ1n) is 50.5. The molecule has 0 unspecified atom stereocenters. The molecule has 5 aromatic carbocycles. The molecule has 0 bridgehead atoms. The van der Waals surface area contributed by atoms with Crippen LogP contribution in [0.3, 0.4) is 0 Å². The van der Waals surface area contributed by atoms with Crippen LogP contribution in [0.15, 0.2) is 286 Å². The van der Waals surface area contributed by atoms with Crippen LogP contribution in [-0.2, 0) is 97.5 Å². The van der Waals surface area contributed by atoms with Crippen LogP contribution >= 0.6 is 0 Å². The number of pyridine rings is 5. The molecule has 15 rings (SSSR count). The summed E-state index contributed by atoms with van der Waals surface area (Å²) in [5.41, 5.74) is 13.8. The van der Waals surface area contributed by atoms with Crippen molar-refractivity contribution in [3.63, 3.8) is 0 Å². The van der Waals surface area contributed by atoms with Crippen LogP contribution in [0.25, 0.3) is 0 Å². The average Bonchev–Trinajstić information content (AvgIpc) is 1.64. The average molecular weight is 1890 g/mol. The predicted octanol–water partition coefficient (Wildman–Crippen LogP) is 28.0. The van der Waals surface area contributed by atoms with Crippen molar-refractivity contribution in [2.24, 2.45) is 0 Å². The molecule has 18 heteroatoms. The maximum Gasteiger partial charge on any atom is 0.111 e. The number of nitrogens with one attached hydrogen (secondary N) is 4. The molecule has 4 N–H and O–H groups in total. The molecule has 0 aliphatic heterocycles. The van der Waals surface area contributed by atoms with E-state index in [1.165, 1.54) is 72.0 Å². The van der Waals surface area contributed by atoms with Crippen molar-refractivity contribution in [3.8, 4) is 0 Å². The Morgan fingerprint density at radius 2 is 0.652 bits per heavy atom. The number of rotatable bonds is 33. The van der Waals surface area contributed by atoms with Crippen LogP contribution in [0.1, 0.15) is 327 Å². The summed E-state index contributed by atoms with van der Waals surface area (Å²) < 4.78 is 39.6. The highest BCUT2D eigenvalue weighted by Crippen LogP contribution is 2.51. The lowest BCUT2D eigenvalue weighted by Gasteiger charge is -2.29. The number of aromatic nitrogens is 7. The summed E-state index contributed by atoms with van der Waals surface area (Å²) in [6.45, 7) is 66.9. The van der Waals surface area contributed by atoms with Crippen LogP contribution in [0.2, 0.25) is 0 Å². The highest BCUT2D eigenvalue weighted by atomic mass is 16.5. The number of hydrogen-bond acceptors (Lipinski definition) is 18. The van der Waals surface area contributed by atoms with Gasteiger partial charge in [-0.3, -0.25) is 34.9 Å². The van der Waals surface area contributed by atoms with Gasteiger partial charge in [-0.25, -0.2) is 0 Å². The van der Waals surface area contributed by atoms with Gasteiger partial charge in [-0.15, -0.1) is 0 Å². The highest BCUT2D eigenvalue weighted by molar-refractivity contribution is 5.32. The predicted molar refractivity (Wildman–Crippen MR) is 574 cm³/mol. The SMILES string of the molecule is CC(C)NC(C)(C)c1ccccc1.CC(C)NC(C)(C)c1ccccn1.CC(C)NC1(c2ccccc2)CC1.CC(C)NC1(c2ccccn2)CC1.CC(C)OC(C)(C)c1ccccc1.CC(C)OC(C)(C)c1ccccn1.CC(C)OC1(c2ccccc2)CC1.CC(C)OC1(c2ccccn2)CC1.CC(C)OCc1ccccc1.CC(C)OCc1ccccn1.Cc1cnc(COC(C)C)cn1. The Balaban J connectivity index is 0.000000268. The van der Waals surface area contributed by atoms with Crippen LogP contribution in [0, 0.1) is 6.92 Å². The molecule has 0 atom stereocenters. The van der Waals surface area contributed by atoms with Gasteiger partial charge in [0.2, 0.25) is 0 Å². The lowest BCUT2D eigenvalue weighted by Crippen LogP contribution is -2.41. The molecule has 0 amide bonds. The summed E-state index contributed by atoms with van der Waals surface area (Å²) in [5, 5.41) is 14.2. The van der Waals surface area contributed by atoms with Gasteiger partial charge in [-0.2, -0.15) is 0 Å². The van der Waals surface area contributed by atoms with Gasteiger partial charge in [0.05, 0.1) is 131 Å². The minimum atomic E-state index is -0.296. The van der Waals surface area contributed by atoms with Gasteiger partial charge >= 0.3 is 0 Å². The Labute approximate surface area is 835 Å². The first kappa shape index (κ1) is 119. The second kappa shape index (κ2) is 60.6. The topological polar surface area (TPSA) is 203 Å². The fourth-order valence-corrected chi connectivity index (χ4v) is 15.5. The standard InChI is InChI=1S/C12H17N.C12H19N.C12H16O.C12H18O.C11H16N2.C11H18N2.C11H15NO.C11H17NO.C10H14O.C9H14N2O.C9H13NO/c1-10(2)13-12(8-9-12)11-6-4-3-5-7-11;1-10(2)13-12(3,4)11-8-6-5-7-9-11;1-10(2)13-12(8-9-12)11-6-4-3-5-7-11;1-10(2)13-12(3,4)11-8-6-5-7-9-11;1-9(2)13-11(6-7-11)10-5-3-4-8-12-10;1-9(2)13-11(3,4)10-7-5-6-8-12-10;1-9(2)13-11(6-7-11)10-5-3-4-8-12-10;1-9(2)13-11(3,4)10-7-5-6-8-12-10;1-9(2)11-8-10-6-4-3-5-7-10;1-7(2)12-6-9-5-10-8(3)4-11-9;1-8(2)11-7-9-5-3-4-6-10-9/h3-7,10,13H,8-9H2,1-2H3;5-10,13H,1-4H3;3-7,10H,8-9H2,1-2H3;5-10H,1-4H3;3-5,8-9,13H,6-7H2,1-2H3;5-9,13H,1-4H3;3-5,8-9H,6-7H2,1-2H3;5-9H,1-4H3;3-7,9H,8H2,1-2H3;4-5,7H,6H2,1-3H3;3-6,8H,7H2,1-2H3. The molecule has 4 saturated carbocycles. The highest BCUT2D eigenvalue weighted by Gasteiger charge is 2.49. The third-order valence-corrected chi connectivity index (χ3v) is 21.9. The van der Waals surface area contributed by atoms with Gasteiger partial charge < -0.3 is 54.4 Å². The van der Waals surface area contributed by atoms with Gasteiger partial charge in [0.1, 0.15) is 11.2 Å². The van der Waals surface area contributed by atoms with E-state index in [1.807, 2.05) is 198 Å². The van der Waals surface area contributed by atoms with Crippen LogP contribution in [0.5, 0.6) is 0 Å². The van der Waals surface area contributed by atoms with Crippen molar-refractivity contribution in [2.45, 2.75) is 397 Å². The van der Waals surface area contributed by atoms with E-state index in [0.29, 0.717) is 55.1 Å². The van der Waals surface area contributed by atoms with E-state index in [0.717, 1.165) is 53.6 Å². The Morgan fingerprint density at radius 1 is 0.283 bits per heavy atom. The molecule has 0 radical (unpaired) electrons. The van der Waals surface area contributed by atoms with Crippen molar-refractivity contribution < 1.29 is 33.2 Å². The smallest absolute Gasteiger partial charge is 0.111 e. The monoisotopic (exact) mass is 1880 g/mol. The molecule has 18 nitrogen and oxygen atoms in total. The van der Waals surface area contributed by atoms with Gasteiger partial charge in [0.25, 0.3) is 0 Å². The Kier molecular flexibility index (Phi) is 52.2. The second-order valence-corrected chi connectivity index (χ2v) is 41.1. The number of ether oxygens (including phenoxy) is 7. The zero-order valence-electron chi connectivity index (χ0n) is 90.3. The van der Waals surface area contributed by atoms with Gasteiger partial charge in [-0.05, 0) is 313 Å². The molecule has 6 aromatic heterocycles. The van der Waals surface area contributed by atoms with E-state index >= 15 is 0 Å². The lowest BCUT2D eigenvalue weighted by molar-refractivity contribution is -0.0627. The summed E-state index contributed by atoms with van der Waals surface area (Å²) in [7, 11) is 0. The summed E-state index contributed by atoms with van der Waals surface area (Å²) >= 11 is 0. The van der Waals surface area contributed by atoms with E-state index in [4.69, 9.17) is 33.2 Å². The molecule has 11 aromatic rings. The zero-order valence-corrected chi connectivity index (χ0v) is 90.3. The van der Waals surface area contributed by atoms with Crippen LogP contribution in [0.4, 0.5) is 0 Å². The first-order chi connectivity index (χ1) is 65.3. The van der Waals surface area contributed by atoms with E-state index in [9.17, 15) is 0 Å². The van der Waals surface area contributed by atoms with E-state index in [1.54, 1.807) is 24.8 Å². The zero-order chi connectivity index (χ0) is 102. The number of nitrogens with zero attached hydrogens (tertiary/aromatic N) is 7. The van der Waals surface area contributed by atoms with Gasteiger partial charge in [-0.1, -0.05) is 224 Å². The Hall–Kier alpha value is -9.51. The molecule has 6 heterocycles. The second-order valence-electron chi connectivity index (χ2n) is 41.1. The Bertz CT molecular complexity index is 4170. The molecular weight excluding hydrogens is 1710 g/mol. The maximum atomic E-state index is 5.93. The quantitative estimate of drug-likeness (QED) is 0.0302. The lowest BCUT2D eigenvalue weighted by atomic mass is 9.94. The summed E-state index contributed by atoms with van der Waals surface area (Å²) in [4.78, 5) is 29.8. The summed E-state index contributed by atoms with van der Waals surface area (Å²) in [6, 6.07) is 84.3. The first-order valence-corrected chi connectivity index (χ1v) is 50.5. The fourth-order valence-electron chi connectivity index (χ4n) is 15.5. The maximum absolute atomic E-state index is 5.93. The molecule has 0 saturated heterocycles. The number of hydrogen-bond donors (Lipinski definition) is 4. The van der Waals surface area contributed by atoms with E-state index in [2.05, 4.69) is 334 Å². The normalized spacial score (nSPS) is 14.3. The van der Waals surface area contributed by atoms with E-state index in [-0.39, 0.29) is 69.5 Å². The molecule has 138 heavy (non-hydrogen) atoms. The van der Waals surface area contributed by atoms with Crippen LogP contribution in [-0.4, -0.2) is 102 Å². The summed E-state index contributed by atoms with van der Waals surface area (Å²) in [5.74, 6) is 0. The minimum Gasteiger partial charge on any atom is -0.374 e. The van der Waals surface area contributed by atoms with Crippen molar-refractivity contribution in [1.82, 2.24) is 56.2 Å². The molecule has 0 spiro atoms. The third-order valence-electron chi connectivity index (χ3n) is 21.9. The minimum absolute atomic E-state index is 0.0462. The largest absolute Gasteiger partial charge is 0.374 e. The van der Waals surface area contributed by atoms with Crippen LogP contribution < -0.4 is 21.3 Å². The van der Waals surface area contributed by atoms with Crippen molar-refractivity contribution in [2.75, 3.05) is 0 Å². The number of benzene rings is 5. The molecule has 4 aliphatic rings.